The first-order valence-corrected chi connectivity index (χ1v) is 9.13. The molecule has 140 valence electrons. The molecule has 0 bridgehead atoms. The molecule has 0 saturated carbocycles. The van der Waals surface area contributed by atoms with E-state index in [0.717, 1.165) is 33.6 Å². The Morgan fingerprint density at radius 3 is 2.46 bits per heavy atom. The van der Waals surface area contributed by atoms with Crippen molar-refractivity contribution >= 4 is 0 Å². The lowest BCUT2D eigenvalue weighted by atomic mass is 9.90. The van der Waals surface area contributed by atoms with E-state index in [-0.39, 0.29) is 5.82 Å². The maximum absolute atomic E-state index is 14.1. The highest BCUT2D eigenvalue weighted by atomic mass is 19.1. The Balaban J connectivity index is 1.93. The molecule has 0 fully saturated rings. The fourth-order valence-electron chi connectivity index (χ4n) is 3.78. The molecule has 4 heteroatoms. The van der Waals surface area contributed by atoms with Crippen LogP contribution in [-0.2, 0) is 6.42 Å². The number of ether oxygens (including phenoxy) is 1. The molecule has 2 N–H and O–H groups in total. The number of fused-ring (bicyclic) bond motifs is 1. The van der Waals surface area contributed by atoms with Gasteiger partial charge in [0.15, 0.2) is 0 Å². The van der Waals surface area contributed by atoms with Gasteiger partial charge < -0.3 is 14.9 Å². The minimum atomic E-state index is -0.750. The summed E-state index contributed by atoms with van der Waals surface area (Å²) < 4.78 is 19.9. The first kappa shape index (κ1) is 18.9. The molecule has 2 aromatic carbocycles. The zero-order valence-electron chi connectivity index (χ0n) is 15.9. The Morgan fingerprint density at radius 2 is 1.85 bits per heavy atom. The minimum Gasteiger partial charge on any atom is -0.493 e. The summed E-state index contributed by atoms with van der Waals surface area (Å²) in [5.41, 5.74) is 4.80. The van der Waals surface area contributed by atoms with Gasteiger partial charge in [-0.2, -0.15) is 0 Å². The third kappa shape index (κ3) is 3.76. The van der Waals surface area contributed by atoms with E-state index >= 15 is 0 Å². The van der Waals surface area contributed by atoms with Crippen LogP contribution in [0.1, 0.15) is 55.0 Å². The molecular weight excluding hydrogens is 331 g/mol. The van der Waals surface area contributed by atoms with E-state index in [1.165, 1.54) is 6.07 Å². The van der Waals surface area contributed by atoms with Crippen molar-refractivity contribution in [2.75, 3.05) is 6.61 Å². The Labute approximate surface area is 154 Å². The zero-order chi connectivity index (χ0) is 19.1. The number of halogens is 1. The predicted molar refractivity (Wildman–Crippen MR) is 101 cm³/mol. The molecule has 0 spiro atoms. The van der Waals surface area contributed by atoms with Crippen LogP contribution in [0.4, 0.5) is 4.39 Å². The molecule has 3 rings (SSSR count). The molecule has 26 heavy (non-hydrogen) atoms. The molecule has 0 amide bonds. The summed E-state index contributed by atoms with van der Waals surface area (Å²) in [6.45, 7) is 8.01. The zero-order valence-corrected chi connectivity index (χ0v) is 15.9. The standard InChI is InChI=1S/C22H27FO3/c1-13-11-15(26-10-9-22(3,4)25)12-14(2)20(13)16-5-7-18(23)21-17(16)6-8-19(21)24/h5,7,11-12,19,24-25H,6,8-10H2,1-4H3. The molecule has 3 nitrogen and oxygen atoms in total. The number of aliphatic hydroxyl groups excluding tert-OH is 1. The van der Waals surface area contributed by atoms with Crippen LogP contribution in [0.2, 0.25) is 0 Å². The van der Waals surface area contributed by atoms with Crippen molar-refractivity contribution in [1.82, 2.24) is 0 Å². The summed E-state index contributed by atoms with van der Waals surface area (Å²) >= 11 is 0. The van der Waals surface area contributed by atoms with Gasteiger partial charge in [0.25, 0.3) is 0 Å². The van der Waals surface area contributed by atoms with Gasteiger partial charge in [0.2, 0.25) is 0 Å². The van der Waals surface area contributed by atoms with Gasteiger partial charge in [0.1, 0.15) is 11.6 Å². The molecule has 1 aliphatic carbocycles. The van der Waals surface area contributed by atoms with Crippen LogP contribution in [0.3, 0.4) is 0 Å². The third-order valence-electron chi connectivity index (χ3n) is 5.06. The minimum absolute atomic E-state index is 0.323. The SMILES string of the molecule is Cc1cc(OCCC(C)(C)O)cc(C)c1-c1ccc(F)c2c1CCC2O. The van der Waals surface area contributed by atoms with E-state index < -0.39 is 11.7 Å². The van der Waals surface area contributed by atoms with Gasteiger partial charge in [0, 0.05) is 12.0 Å². The van der Waals surface area contributed by atoms with E-state index in [4.69, 9.17) is 4.74 Å². The fraction of sp³-hybridized carbons (Fsp3) is 0.455. The monoisotopic (exact) mass is 358 g/mol. The van der Waals surface area contributed by atoms with Gasteiger partial charge in [0.05, 0.1) is 18.3 Å². The lowest BCUT2D eigenvalue weighted by Gasteiger charge is -2.19. The predicted octanol–water partition coefficient (Wildman–Crippen LogP) is 4.63. The molecule has 0 saturated heterocycles. The average Bonchev–Trinajstić information content (AvgIpc) is 2.90. The van der Waals surface area contributed by atoms with Gasteiger partial charge in [-0.1, -0.05) is 6.07 Å². The molecular formula is C22H27FO3. The maximum atomic E-state index is 14.1. The van der Waals surface area contributed by atoms with Crippen molar-refractivity contribution in [2.24, 2.45) is 0 Å². The Morgan fingerprint density at radius 1 is 1.19 bits per heavy atom. The highest BCUT2D eigenvalue weighted by molar-refractivity contribution is 5.76. The van der Waals surface area contributed by atoms with Crippen LogP contribution in [-0.4, -0.2) is 22.4 Å². The van der Waals surface area contributed by atoms with Gasteiger partial charge in [-0.3, -0.25) is 0 Å². The van der Waals surface area contributed by atoms with Crippen molar-refractivity contribution < 1.29 is 19.3 Å². The van der Waals surface area contributed by atoms with Crippen molar-refractivity contribution in [3.63, 3.8) is 0 Å². The third-order valence-corrected chi connectivity index (χ3v) is 5.06. The van der Waals surface area contributed by atoms with Crippen molar-refractivity contribution in [3.8, 4) is 16.9 Å². The number of rotatable bonds is 5. The lowest BCUT2D eigenvalue weighted by Crippen LogP contribution is -2.21. The van der Waals surface area contributed by atoms with Gasteiger partial charge in [-0.25, -0.2) is 4.39 Å². The Bertz CT molecular complexity index is 798. The van der Waals surface area contributed by atoms with Crippen LogP contribution in [0.15, 0.2) is 24.3 Å². The van der Waals surface area contributed by atoms with Gasteiger partial charge in [-0.15, -0.1) is 0 Å². The number of aliphatic hydroxyl groups is 2. The smallest absolute Gasteiger partial charge is 0.129 e. The lowest BCUT2D eigenvalue weighted by molar-refractivity contribution is 0.0553. The van der Waals surface area contributed by atoms with Crippen LogP contribution >= 0.6 is 0 Å². The first-order valence-electron chi connectivity index (χ1n) is 9.13. The van der Waals surface area contributed by atoms with Crippen LogP contribution < -0.4 is 4.74 Å². The molecule has 1 unspecified atom stereocenters. The van der Waals surface area contributed by atoms with Gasteiger partial charge >= 0.3 is 0 Å². The number of aryl methyl sites for hydroxylation is 2. The second-order valence-corrected chi connectivity index (χ2v) is 7.88. The molecule has 0 heterocycles. The van der Waals surface area contributed by atoms with E-state index in [0.29, 0.717) is 31.4 Å². The van der Waals surface area contributed by atoms with E-state index in [9.17, 15) is 14.6 Å². The fourth-order valence-corrected chi connectivity index (χ4v) is 3.78. The summed E-state index contributed by atoms with van der Waals surface area (Å²) in [6, 6.07) is 7.23. The van der Waals surface area contributed by atoms with Gasteiger partial charge in [-0.05, 0) is 86.6 Å². The number of hydrogen-bond acceptors (Lipinski definition) is 3. The highest BCUT2D eigenvalue weighted by Crippen LogP contribution is 2.41. The van der Waals surface area contributed by atoms with Crippen molar-refractivity contribution in [2.45, 2.75) is 58.7 Å². The molecule has 2 aromatic rings. The summed E-state index contributed by atoms with van der Waals surface area (Å²) in [5, 5.41) is 19.9. The summed E-state index contributed by atoms with van der Waals surface area (Å²) in [5.74, 6) is 0.447. The summed E-state index contributed by atoms with van der Waals surface area (Å²) in [6.07, 6.45) is 1.09. The molecule has 1 atom stereocenters. The Hall–Kier alpha value is -1.91. The largest absolute Gasteiger partial charge is 0.493 e. The van der Waals surface area contributed by atoms with Crippen LogP contribution in [0, 0.1) is 19.7 Å². The summed E-state index contributed by atoms with van der Waals surface area (Å²) in [7, 11) is 0. The first-order chi connectivity index (χ1) is 12.2. The number of hydrogen-bond donors (Lipinski definition) is 2. The van der Waals surface area contributed by atoms with Crippen LogP contribution in [0.5, 0.6) is 5.75 Å². The molecule has 1 aliphatic rings. The topological polar surface area (TPSA) is 49.7 Å². The quantitative estimate of drug-likeness (QED) is 0.819. The molecule has 0 aliphatic heterocycles. The van der Waals surface area contributed by atoms with E-state index in [1.807, 2.05) is 32.0 Å². The second-order valence-electron chi connectivity index (χ2n) is 7.88. The molecule has 0 radical (unpaired) electrons. The van der Waals surface area contributed by atoms with E-state index in [1.54, 1.807) is 13.8 Å². The maximum Gasteiger partial charge on any atom is 0.129 e. The Kier molecular flexibility index (Phi) is 5.09. The van der Waals surface area contributed by atoms with E-state index in [2.05, 4.69) is 0 Å². The molecule has 0 aromatic heterocycles. The number of benzene rings is 2. The highest BCUT2D eigenvalue weighted by Gasteiger charge is 2.27. The second kappa shape index (κ2) is 7.01. The normalized spacial score (nSPS) is 16.7. The summed E-state index contributed by atoms with van der Waals surface area (Å²) in [4.78, 5) is 0. The average molecular weight is 358 g/mol. The van der Waals surface area contributed by atoms with Crippen molar-refractivity contribution in [3.05, 3.63) is 52.3 Å². The van der Waals surface area contributed by atoms with Crippen molar-refractivity contribution in [1.29, 1.82) is 0 Å². The van der Waals surface area contributed by atoms with Crippen LogP contribution in [0.25, 0.3) is 11.1 Å².